The maximum atomic E-state index is 13.5. The van der Waals surface area contributed by atoms with Crippen molar-refractivity contribution >= 4 is 21.8 Å². The van der Waals surface area contributed by atoms with E-state index in [0.717, 1.165) is 18.5 Å². The van der Waals surface area contributed by atoms with Gasteiger partial charge >= 0.3 is 0 Å². The summed E-state index contributed by atoms with van der Waals surface area (Å²) in [5.74, 6) is -2.28. The highest BCUT2D eigenvalue weighted by Gasteiger charge is 2.18. The molecule has 5 nitrogen and oxygen atoms in total. The van der Waals surface area contributed by atoms with E-state index in [1.54, 1.807) is 0 Å². The molecule has 1 heterocycles. The lowest BCUT2D eigenvalue weighted by atomic mass is 10.2. The average Bonchev–Trinajstić information content (AvgIpc) is 2.80. The van der Waals surface area contributed by atoms with Crippen molar-refractivity contribution in [3.05, 3.63) is 46.0 Å². The molecule has 0 aliphatic rings. The molecule has 1 amide bonds. The van der Waals surface area contributed by atoms with E-state index in [0.29, 0.717) is 12.2 Å². The number of nitrogens with zero attached hydrogens (tertiary/aromatic N) is 2. The molecule has 2 aromatic rings. The fraction of sp³-hybridized carbons (Fsp3) is 0.182. The molecule has 0 unspecified atom stereocenters. The van der Waals surface area contributed by atoms with Crippen molar-refractivity contribution < 1.29 is 18.1 Å². The van der Waals surface area contributed by atoms with Gasteiger partial charge in [-0.05, 0) is 12.1 Å². The number of hydrogen-bond donors (Lipinski definition) is 1. The van der Waals surface area contributed by atoms with E-state index < -0.39 is 23.1 Å². The Kier molecular flexibility index (Phi) is 4.20. The Morgan fingerprint density at radius 3 is 2.63 bits per heavy atom. The molecule has 1 aromatic heterocycles. The van der Waals surface area contributed by atoms with Crippen LogP contribution in [0.25, 0.3) is 0 Å². The minimum atomic E-state index is -0.927. The molecule has 1 aromatic carbocycles. The molecule has 0 radical (unpaired) electrons. The molecule has 0 aliphatic carbocycles. The minimum absolute atomic E-state index is 0.146. The number of carbonyl (C=O) groups excluding carboxylic acids is 1. The lowest BCUT2D eigenvalue weighted by molar-refractivity contribution is 0.0945. The Morgan fingerprint density at radius 2 is 2.05 bits per heavy atom. The quantitative estimate of drug-likeness (QED) is 0.931. The van der Waals surface area contributed by atoms with Gasteiger partial charge in [0.05, 0.1) is 0 Å². The first-order chi connectivity index (χ1) is 9.08. The van der Waals surface area contributed by atoms with Crippen molar-refractivity contribution in [2.45, 2.75) is 6.42 Å². The van der Waals surface area contributed by atoms with E-state index in [4.69, 9.17) is 0 Å². The van der Waals surface area contributed by atoms with Crippen LogP contribution in [-0.2, 0) is 6.42 Å². The van der Waals surface area contributed by atoms with Crippen LogP contribution in [0.2, 0.25) is 0 Å². The highest BCUT2D eigenvalue weighted by molar-refractivity contribution is 9.10. The summed E-state index contributed by atoms with van der Waals surface area (Å²) in [6.45, 7) is 0.146. The summed E-state index contributed by atoms with van der Waals surface area (Å²) in [5.41, 5.74) is -0.615. The molecule has 0 aliphatic heterocycles. The Morgan fingerprint density at radius 1 is 1.37 bits per heavy atom. The average molecular weight is 332 g/mol. The summed E-state index contributed by atoms with van der Waals surface area (Å²) < 4.78 is 31.7. The van der Waals surface area contributed by atoms with Crippen molar-refractivity contribution in [1.29, 1.82) is 0 Å². The lowest BCUT2D eigenvalue weighted by Crippen LogP contribution is -2.27. The first-order valence-electron chi connectivity index (χ1n) is 5.26. The molecule has 1 N–H and O–H groups in total. The smallest absolute Gasteiger partial charge is 0.257 e. The second-order valence-corrected chi connectivity index (χ2v) is 4.51. The molecule has 2 rings (SSSR count). The zero-order valence-electron chi connectivity index (χ0n) is 9.49. The second-order valence-electron chi connectivity index (χ2n) is 3.60. The summed E-state index contributed by atoms with van der Waals surface area (Å²) >= 11 is 2.94. The van der Waals surface area contributed by atoms with Gasteiger partial charge in [-0.15, -0.1) is 0 Å². The third-order valence-electron chi connectivity index (χ3n) is 2.28. The maximum Gasteiger partial charge on any atom is 0.257 e. The van der Waals surface area contributed by atoms with Gasteiger partial charge in [0, 0.05) is 17.4 Å². The van der Waals surface area contributed by atoms with Crippen molar-refractivity contribution in [1.82, 2.24) is 15.5 Å². The SMILES string of the molecule is O=C(NCCc1ncon1)c1c(F)cc(Br)cc1F. The number of nitrogens with one attached hydrogen (secondary N) is 1. The van der Waals surface area contributed by atoms with Crippen molar-refractivity contribution in [3.8, 4) is 0 Å². The van der Waals surface area contributed by atoms with Gasteiger partial charge in [0.1, 0.15) is 17.2 Å². The molecule has 100 valence electrons. The number of hydrogen-bond acceptors (Lipinski definition) is 4. The highest BCUT2D eigenvalue weighted by Crippen LogP contribution is 2.19. The Hall–Kier alpha value is -1.83. The fourth-order valence-corrected chi connectivity index (χ4v) is 1.84. The number of aromatic nitrogens is 2. The Bertz CT molecular complexity index is 567. The van der Waals surface area contributed by atoms with Crippen LogP contribution in [0.15, 0.2) is 27.5 Å². The van der Waals surface area contributed by atoms with Crippen LogP contribution >= 0.6 is 15.9 Å². The zero-order valence-corrected chi connectivity index (χ0v) is 11.1. The number of amides is 1. The first-order valence-corrected chi connectivity index (χ1v) is 6.05. The van der Waals surface area contributed by atoms with E-state index >= 15 is 0 Å². The topological polar surface area (TPSA) is 68.0 Å². The Balaban J connectivity index is 2.00. The fourth-order valence-electron chi connectivity index (χ4n) is 1.44. The third kappa shape index (κ3) is 3.34. The molecule has 0 saturated carbocycles. The van der Waals surface area contributed by atoms with Crippen molar-refractivity contribution in [2.24, 2.45) is 0 Å². The van der Waals surface area contributed by atoms with Crippen LogP contribution in [0.4, 0.5) is 8.78 Å². The van der Waals surface area contributed by atoms with Gasteiger partial charge in [-0.1, -0.05) is 21.1 Å². The first kappa shape index (κ1) is 13.6. The number of benzene rings is 1. The third-order valence-corrected chi connectivity index (χ3v) is 2.73. The van der Waals surface area contributed by atoms with Crippen LogP contribution in [0.1, 0.15) is 16.2 Å². The molecule has 8 heteroatoms. The van der Waals surface area contributed by atoms with E-state index in [9.17, 15) is 13.6 Å². The van der Waals surface area contributed by atoms with Gasteiger partial charge in [0.2, 0.25) is 6.39 Å². The lowest BCUT2D eigenvalue weighted by Gasteiger charge is -2.06. The highest BCUT2D eigenvalue weighted by atomic mass is 79.9. The van der Waals surface area contributed by atoms with Crippen LogP contribution in [-0.4, -0.2) is 22.6 Å². The van der Waals surface area contributed by atoms with Crippen LogP contribution in [0, 0.1) is 11.6 Å². The van der Waals surface area contributed by atoms with Crippen LogP contribution in [0.5, 0.6) is 0 Å². The summed E-state index contributed by atoms with van der Waals surface area (Å²) in [6, 6.07) is 2.05. The number of rotatable bonds is 4. The predicted molar refractivity (Wildman–Crippen MR) is 64.4 cm³/mol. The molecular formula is C11H8BrF2N3O2. The van der Waals surface area contributed by atoms with E-state index in [2.05, 4.69) is 35.9 Å². The molecule has 0 saturated heterocycles. The van der Waals surface area contributed by atoms with Crippen LogP contribution < -0.4 is 5.32 Å². The monoisotopic (exact) mass is 331 g/mol. The maximum absolute atomic E-state index is 13.5. The van der Waals surface area contributed by atoms with Crippen molar-refractivity contribution in [2.75, 3.05) is 6.54 Å². The predicted octanol–water partition coefficient (Wildman–Crippen LogP) is 2.08. The standard InChI is InChI=1S/C11H8BrF2N3O2/c12-6-3-7(13)10(8(14)4-6)11(18)15-2-1-9-16-5-19-17-9/h3-5H,1-2H2,(H,15,18). The van der Waals surface area contributed by atoms with Gasteiger partial charge < -0.3 is 9.84 Å². The minimum Gasteiger partial charge on any atom is -0.351 e. The van der Waals surface area contributed by atoms with Gasteiger partial charge in [0.15, 0.2) is 5.82 Å². The zero-order chi connectivity index (χ0) is 13.8. The Labute approximate surface area is 115 Å². The molecule has 19 heavy (non-hydrogen) atoms. The van der Waals surface area contributed by atoms with Crippen LogP contribution in [0.3, 0.4) is 0 Å². The molecule has 0 atom stereocenters. The number of halogens is 3. The summed E-state index contributed by atoms with van der Waals surface area (Å²) in [7, 11) is 0. The molecule has 0 fully saturated rings. The van der Waals surface area contributed by atoms with Gasteiger partial charge in [-0.3, -0.25) is 4.79 Å². The normalized spacial score (nSPS) is 10.5. The summed E-state index contributed by atoms with van der Waals surface area (Å²) in [6.07, 6.45) is 1.47. The van der Waals surface area contributed by atoms with Gasteiger partial charge in [0.25, 0.3) is 5.91 Å². The molecule has 0 bridgehead atoms. The summed E-state index contributed by atoms with van der Waals surface area (Å²) in [5, 5.41) is 5.92. The van der Waals surface area contributed by atoms with Gasteiger partial charge in [-0.2, -0.15) is 4.98 Å². The largest absolute Gasteiger partial charge is 0.351 e. The van der Waals surface area contributed by atoms with Gasteiger partial charge in [-0.25, -0.2) is 8.78 Å². The number of carbonyl (C=O) groups is 1. The van der Waals surface area contributed by atoms with E-state index in [1.165, 1.54) is 0 Å². The van der Waals surface area contributed by atoms with Crippen molar-refractivity contribution in [3.63, 3.8) is 0 Å². The molecular weight excluding hydrogens is 324 g/mol. The second kappa shape index (κ2) is 5.87. The van der Waals surface area contributed by atoms with E-state index in [1.807, 2.05) is 0 Å². The summed E-state index contributed by atoms with van der Waals surface area (Å²) in [4.78, 5) is 15.4. The molecule has 0 spiro atoms. The van der Waals surface area contributed by atoms with E-state index in [-0.39, 0.29) is 11.0 Å².